The van der Waals surface area contributed by atoms with Crippen LogP contribution in [0.2, 0.25) is 0 Å². The average Bonchev–Trinajstić information content (AvgIpc) is 2.69. The molecule has 0 radical (unpaired) electrons. The van der Waals surface area contributed by atoms with Gasteiger partial charge in [-0.3, -0.25) is 0 Å². The number of hydrogen-bond donors (Lipinski definition) is 1. The van der Waals surface area contributed by atoms with Crippen LogP contribution in [0.4, 0.5) is 14.9 Å². The normalized spacial score (nSPS) is 14.5. The number of nitrogens with zero attached hydrogens (tertiary/aromatic N) is 2. The number of rotatable bonds is 5. The number of benzene rings is 2. The zero-order valence-corrected chi connectivity index (χ0v) is 17.0. The van der Waals surface area contributed by atoms with E-state index in [-0.39, 0.29) is 11.8 Å². The summed E-state index contributed by atoms with van der Waals surface area (Å²) in [6.07, 6.45) is 0.701. The molecule has 1 fully saturated rings. The summed E-state index contributed by atoms with van der Waals surface area (Å²) in [6, 6.07) is 12.9. The van der Waals surface area contributed by atoms with Gasteiger partial charge in [-0.05, 0) is 48.1 Å². The Hall–Kier alpha value is -2.56. The van der Waals surface area contributed by atoms with Crippen LogP contribution in [0.5, 0.6) is 0 Å². The maximum atomic E-state index is 12.9. The van der Waals surface area contributed by atoms with Gasteiger partial charge in [0, 0.05) is 38.4 Å². The molecule has 1 heterocycles. The van der Waals surface area contributed by atoms with E-state index in [1.165, 1.54) is 28.9 Å². The molecule has 28 heavy (non-hydrogen) atoms. The molecule has 1 N–H and O–H groups in total. The predicted octanol–water partition coefficient (Wildman–Crippen LogP) is 4.33. The fourth-order valence-corrected chi connectivity index (χ4v) is 3.79. The smallest absolute Gasteiger partial charge is 0.317 e. The Bertz CT molecular complexity index is 796. The van der Waals surface area contributed by atoms with Crippen LogP contribution in [-0.2, 0) is 6.42 Å². The van der Waals surface area contributed by atoms with Crippen molar-refractivity contribution >= 4 is 11.7 Å². The Morgan fingerprint density at radius 2 is 1.75 bits per heavy atom. The molecule has 5 heteroatoms. The largest absolute Gasteiger partial charge is 0.368 e. The fraction of sp³-hybridized carbons (Fsp3) is 0.435. The van der Waals surface area contributed by atoms with Crippen molar-refractivity contribution in [1.29, 1.82) is 0 Å². The van der Waals surface area contributed by atoms with E-state index in [9.17, 15) is 9.18 Å². The third-order valence-corrected chi connectivity index (χ3v) is 5.38. The number of aryl methyl sites for hydroxylation is 1. The summed E-state index contributed by atoms with van der Waals surface area (Å²) in [5.41, 5.74) is 5.02. The van der Waals surface area contributed by atoms with Crippen LogP contribution in [0, 0.1) is 12.7 Å². The minimum absolute atomic E-state index is 0.0179. The highest BCUT2D eigenvalue weighted by Gasteiger charge is 2.23. The first-order valence-electron chi connectivity index (χ1n) is 10.1. The first-order chi connectivity index (χ1) is 13.5. The van der Waals surface area contributed by atoms with Gasteiger partial charge in [-0.15, -0.1) is 0 Å². The summed E-state index contributed by atoms with van der Waals surface area (Å²) in [6.45, 7) is 10.3. The molecule has 2 aromatic carbocycles. The van der Waals surface area contributed by atoms with Crippen molar-refractivity contribution in [2.45, 2.75) is 33.1 Å². The van der Waals surface area contributed by atoms with Crippen LogP contribution in [0.25, 0.3) is 0 Å². The summed E-state index contributed by atoms with van der Waals surface area (Å²) in [5.74, 6) is 0.239. The van der Waals surface area contributed by atoms with Gasteiger partial charge >= 0.3 is 6.03 Å². The summed E-state index contributed by atoms with van der Waals surface area (Å²) in [5, 5.41) is 2.99. The highest BCUT2D eigenvalue weighted by Crippen LogP contribution is 2.31. The summed E-state index contributed by atoms with van der Waals surface area (Å²) >= 11 is 0. The molecule has 0 aliphatic carbocycles. The van der Waals surface area contributed by atoms with E-state index in [1.54, 1.807) is 12.1 Å². The second kappa shape index (κ2) is 9.09. The van der Waals surface area contributed by atoms with E-state index in [2.05, 4.69) is 49.2 Å². The van der Waals surface area contributed by atoms with Gasteiger partial charge in [0.15, 0.2) is 0 Å². The predicted molar refractivity (Wildman–Crippen MR) is 113 cm³/mol. The van der Waals surface area contributed by atoms with Crippen LogP contribution < -0.4 is 10.2 Å². The molecule has 1 aliphatic rings. The molecule has 150 valence electrons. The molecule has 0 unspecified atom stereocenters. The number of halogens is 1. The Morgan fingerprint density at radius 3 is 2.39 bits per heavy atom. The van der Waals surface area contributed by atoms with E-state index >= 15 is 0 Å². The van der Waals surface area contributed by atoms with E-state index < -0.39 is 0 Å². The number of piperazine rings is 1. The number of amides is 2. The molecular formula is C23H30FN3O. The lowest BCUT2D eigenvalue weighted by Crippen LogP contribution is -2.52. The van der Waals surface area contributed by atoms with Crippen molar-refractivity contribution in [1.82, 2.24) is 10.2 Å². The Kier molecular flexibility index (Phi) is 6.55. The van der Waals surface area contributed by atoms with Gasteiger partial charge < -0.3 is 15.1 Å². The van der Waals surface area contributed by atoms with Crippen LogP contribution in [-0.4, -0.2) is 43.7 Å². The van der Waals surface area contributed by atoms with Gasteiger partial charge in [-0.25, -0.2) is 9.18 Å². The molecule has 2 amide bonds. The van der Waals surface area contributed by atoms with Crippen molar-refractivity contribution in [2.75, 3.05) is 37.6 Å². The minimum Gasteiger partial charge on any atom is -0.368 e. The van der Waals surface area contributed by atoms with Crippen LogP contribution in [0.15, 0.2) is 42.5 Å². The zero-order valence-electron chi connectivity index (χ0n) is 17.0. The number of para-hydroxylation sites is 1. The topological polar surface area (TPSA) is 35.6 Å². The van der Waals surface area contributed by atoms with Gasteiger partial charge in [0.05, 0.1) is 0 Å². The molecule has 0 aromatic heterocycles. The van der Waals surface area contributed by atoms with Crippen molar-refractivity contribution in [3.63, 3.8) is 0 Å². The third-order valence-electron chi connectivity index (χ3n) is 5.38. The van der Waals surface area contributed by atoms with Gasteiger partial charge in [0.1, 0.15) is 5.82 Å². The molecule has 2 aromatic rings. The molecule has 0 bridgehead atoms. The molecule has 0 atom stereocenters. The number of urea groups is 1. The number of nitrogens with one attached hydrogen (secondary N) is 1. The van der Waals surface area contributed by atoms with Crippen molar-refractivity contribution in [3.05, 3.63) is 65.0 Å². The lowest BCUT2D eigenvalue weighted by molar-refractivity contribution is 0.194. The van der Waals surface area contributed by atoms with Crippen molar-refractivity contribution in [3.8, 4) is 0 Å². The number of anilines is 1. The van der Waals surface area contributed by atoms with Gasteiger partial charge in [-0.2, -0.15) is 0 Å². The second-order valence-electron chi connectivity index (χ2n) is 7.75. The van der Waals surface area contributed by atoms with Crippen molar-refractivity contribution < 1.29 is 9.18 Å². The molecule has 1 saturated heterocycles. The van der Waals surface area contributed by atoms with Gasteiger partial charge in [0.25, 0.3) is 0 Å². The first kappa shape index (κ1) is 20.2. The third kappa shape index (κ3) is 4.83. The SMILES string of the molecule is Cc1cccc(C(C)C)c1N1CCN(C(=O)NCCc2ccc(F)cc2)CC1. The van der Waals surface area contributed by atoms with Gasteiger partial charge in [0.2, 0.25) is 0 Å². The lowest BCUT2D eigenvalue weighted by atomic mass is 9.97. The monoisotopic (exact) mass is 383 g/mol. The maximum absolute atomic E-state index is 12.9. The zero-order chi connectivity index (χ0) is 20.1. The van der Waals surface area contributed by atoms with Crippen LogP contribution in [0.1, 0.15) is 36.5 Å². The fourth-order valence-electron chi connectivity index (χ4n) is 3.79. The van der Waals surface area contributed by atoms with E-state index in [0.29, 0.717) is 32.0 Å². The molecule has 1 aliphatic heterocycles. The standard InChI is InChI=1S/C23H30FN3O/c1-17(2)21-6-4-5-18(3)22(21)26-13-15-27(16-14-26)23(28)25-12-11-19-7-9-20(24)10-8-19/h4-10,17H,11-16H2,1-3H3,(H,25,28). The lowest BCUT2D eigenvalue weighted by Gasteiger charge is -2.38. The average molecular weight is 384 g/mol. The van der Waals surface area contributed by atoms with Crippen LogP contribution >= 0.6 is 0 Å². The maximum Gasteiger partial charge on any atom is 0.317 e. The highest BCUT2D eigenvalue weighted by atomic mass is 19.1. The van der Waals surface area contributed by atoms with Crippen LogP contribution in [0.3, 0.4) is 0 Å². The number of carbonyl (C=O) groups is 1. The Balaban J connectivity index is 1.51. The first-order valence-corrected chi connectivity index (χ1v) is 10.1. The molecular weight excluding hydrogens is 353 g/mol. The van der Waals surface area contributed by atoms with E-state index in [1.807, 2.05) is 4.90 Å². The second-order valence-corrected chi connectivity index (χ2v) is 7.75. The minimum atomic E-state index is -0.236. The molecule has 3 rings (SSSR count). The summed E-state index contributed by atoms with van der Waals surface area (Å²) in [7, 11) is 0. The van der Waals surface area contributed by atoms with Crippen molar-refractivity contribution in [2.24, 2.45) is 0 Å². The molecule has 4 nitrogen and oxygen atoms in total. The Labute approximate surface area is 167 Å². The number of hydrogen-bond acceptors (Lipinski definition) is 2. The Morgan fingerprint density at radius 1 is 1.07 bits per heavy atom. The summed E-state index contributed by atoms with van der Waals surface area (Å²) in [4.78, 5) is 16.8. The van der Waals surface area contributed by atoms with E-state index in [4.69, 9.17) is 0 Å². The van der Waals surface area contributed by atoms with Gasteiger partial charge in [-0.1, -0.05) is 44.2 Å². The highest BCUT2D eigenvalue weighted by molar-refractivity contribution is 5.74. The number of carbonyl (C=O) groups excluding carboxylic acids is 1. The molecule has 0 spiro atoms. The van der Waals surface area contributed by atoms with E-state index in [0.717, 1.165) is 18.7 Å². The quantitative estimate of drug-likeness (QED) is 0.834. The molecule has 0 saturated carbocycles. The summed E-state index contributed by atoms with van der Waals surface area (Å²) < 4.78 is 12.9.